The van der Waals surface area contributed by atoms with Crippen LogP contribution in [0.15, 0.2) is 47.4 Å². The summed E-state index contributed by atoms with van der Waals surface area (Å²) in [5.41, 5.74) is 0.785. The molecule has 1 N–H and O–H groups in total. The molecule has 0 radical (unpaired) electrons. The van der Waals surface area contributed by atoms with Crippen molar-refractivity contribution in [3.63, 3.8) is 0 Å². The summed E-state index contributed by atoms with van der Waals surface area (Å²) in [4.78, 5) is 35.2. The van der Waals surface area contributed by atoms with Crippen molar-refractivity contribution < 1.29 is 28.2 Å². The number of ether oxygens (including phenoxy) is 2. The smallest absolute Gasteiger partial charge is 0.343 e. The standard InChI is InChI=1S/C18H12FNO5S/c1-24-14-8-10(9-15-16(21)20-18(23)26-15)2-7-13(14)25-17(22)11-3-5-12(19)6-4-11/h2-9H,1H3,(H,20,21,23)/b15-9-. The third-order valence-electron chi connectivity index (χ3n) is 3.41. The molecule has 0 bridgehead atoms. The van der Waals surface area contributed by atoms with Crippen LogP contribution in [0.5, 0.6) is 11.5 Å². The van der Waals surface area contributed by atoms with Crippen LogP contribution < -0.4 is 14.8 Å². The zero-order valence-corrected chi connectivity index (χ0v) is 14.3. The minimum atomic E-state index is -0.661. The zero-order chi connectivity index (χ0) is 18.7. The lowest BCUT2D eigenvalue weighted by molar-refractivity contribution is -0.115. The van der Waals surface area contributed by atoms with Crippen LogP contribution in [0.1, 0.15) is 15.9 Å². The first-order valence-electron chi connectivity index (χ1n) is 7.37. The molecule has 1 aliphatic rings. The van der Waals surface area contributed by atoms with Crippen molar-refractivity contribution >= 4 is 35.0 Å². The van der Waals surface area contributed by atoms with E-state index >= 15 is 0 Å². The van der Waals surface area contributed by atoms with E-state index in [1.165, 1.54) is 31.4 Å². The normalized spacial score (nSPS) is 15.1. The number of benzene rings is 2. The molecule has 0 atom stereocenters. The second-order valence-corrected chi connectivity index (χ2v) is 6.17. The Hall–Kier alpha value is -3.13. The molecule has 0 aliphatic carbocycles. The van der Waals surface area contributed by atoms with Gasteiger partial charge in [0.2, 0.25) is 0 Å². The molecular formula is C18H12FNO5S. The van der Waals surface area contributed by atoms with Gasteiger partial charge in [0.25, 0.3) is 11.1 Å². The number of hydrogen-bond acceptors (Lipinski definition) is 6. The number of nitrogens with one attached hydrogen (secondary N) is 1. The molecule has 132 valence electrons. The second-order valence-electron chi connectivity index (χ2n) is 5.16. The van der Waals surface area contributed by atoms with Gasteiger partial charge in [-0.1, -0.05) is 6.07 Å². The van der Waals surface area contributed by atoms with Crippen LogP contribution in [-0.4, -0.2) is 24.2 Å². The first kappa shape index (κ1) is 17.7. The molecule has 0 saturated carbocycles. The number of halogens is 1. The monoisotopic (exact) mass is 373 g/mol. The summed E-state index contributed by atoms with van der Waals surface area (Å²) < 4.78 is 23.4. The van der Waals surface area contributed by atoms with Crippen LogP contribution in [0.3, 0.4) is 0 Å². The van der Waals surface area contributed by atoms with Crippen LogP contribution in [0.4, 0.5) is 9.18 Å². The number of esters is 1. The highest BCUT2D eigenvalue weighted by Gasteiger charge is 2.25. The Morgan fingerprint density at radius 2 is 1.85 bits per heavy atom. The summed E-state index contributed by atoms with van der Waals surface area (Å²) >= 11 is 0.800. The fourth-order valence-electron chi connectivity index (χ4n) is 2.18. The molecule has 0 aromatic heterocycles. The van der Waals surface area contributed by atoms with Crippen molar-refractivity contribution in [1.82, 2.24) is 5.32 Å². The SMILES string of the molecule is COc1cc(/C=C2\SC(=O)NC2=O)ccc1OC(=O)c1ccc(F)cc1. The molecule has 2 amide bonds. The summed E-state index contributed by atoms with van der Waals surface area (Å²) in [6, 6.07) is 9.64. The third-order valence-corrected chi connectivity index (χ3v) is 4.22. The molecule has 6 nitrogen and oxygen atoms in total. The van der Waals surface area contributed by atoms with Crippen LogP contribution in [-0.2, 0) is 4.79 Å². The first-order chi connectivity index (χ1) is 12.5. The van der Waals surface area contributed by atoms with E-state index in [0.717, 1.165) is 23.9 Å². The maximum Gasteiger partial charge on any atom is 0.343 e. The molecule has 0 unspecified atom stereocenters. The molecule has 1 aliphatic heterocycles. The summed E-state index contributed by atoms with van der Waals surface area (Å²) in [5.74, 6) is -1.14. The zero-order valence-electron chi connectivity index (χ0n) is 13.4. The largest absolute Gasteiger partial charge is 0.493 e. The Balaban J connectivity index is 1.82. The Morgan fingerprint density at radius 1 is 1.12 bits per heavy atom. The highest BCUT2D eigenvalue weighted by atomic mass is 32.2. The Kier molecular flexibility index (Phi) is 5.04. The number of methoxy groups -OCH3 is 1. The summed E-state index contributed by atoms with van der Waals surface area (Å²) in [5, 5.41) is 1.73. The van der Waals surface area contributed by atoms with Gasteiger partial charge in [0, 0.05) is 0 Å². The van der Waals surface area contributed by atoms with Gasteiger partial charge in [0.15, 0.2) is 11.5 Å². The van der Waals surface area contributed by atoms with Gasteiger partial charge < -0.3 is 9.47 Å². The quantitative estimate of drug-likeness (QED) is 0.503. The molecule has 2 aromatic rings. The average molecular weight is 373 g/mol. The van der Waals surface area contributed by atoms with Gasteiger partial charge in [-0.2, -0.15) is 0 Å². The summed E-state index contributed by atoms with van der Waals surface area (Å²) in [6.45, 7) is 0. The summed E-state index contributed by atoms with van der Waals surface area (Å²) in [6.07, 6.45) is 1.53. The molecule has 2 aromatic carbocycles. The fourth-order valence-corrected chi connectivity index (χ4v) is 2.86. The van der Waals surface area contributed by atoms with E-state index in [1.54, 1.807) is 12.1 Å². The lowest BCUT2D eigenvalue weighted by Crippen LogP contribution is -2.17. The number of carbonyl (C=O) groups is 3. The predicted molar refractivity (Wildman–Crippen MR) is 93.5 cm³/mol. The van der Waals surface area contributed by atoms with E-state index in [2.05, 4.69) is 5.32 Å². The maximum atomic E-state index is 12.9. The topological polar surface area (TPSA) is 81.7 Å². The predicted octanol–water partition coefficient (Wildman–Crippen LogP) is 3.38. The van der Waals surface area contributed by atoms with Gasteiger partial charge >= 0.3 is 5.97 Å². The minimum absolute atomic E-state index is 0.170. The van der Waals surface area contributed by atoms with Crippen molar-refractivity contribution in [2.45, 2.75) is 0 Å². The summed E-state index contributed by atoms with van der Waals surface area (Å²) in [7, 11) is 1.40. The van der Waals surface area contributed by atoms with E-state index in [-0.39, 0.29) is 22.0 Å². The number of thioether (sulfide) groups is 1. The van der Waals surface area contributed by atoms with Gasteiger partial charge in [-0.15, -0.1) is 0 Å². The minimum Gasteiger partial charge on any atom is -0.493 e. The second kappa shape index (κ2) is 7.40. The van der Waals surface area contributed by atoms with E-state index in [1.807, 2.05) is 0 Å². The molecule has 26 heavy (non-hydrogen) atoms. The van der Waals surface area contributed by atoms with Crippen LogP contribution >= 0.6 is 11.8 Å². The van der Waals surface area contributed by atoms with E-state index in [0.29, 0.717) is 5.56 Å². The molecule has 3 rings (SSSR count). The molecule has 8 heteroatoms. The number of carbonyl (C=O) groups excluding carboxylic acids is 3. The number of imide groups is 1. The van der Waals surface area contributed by atoms with Crippen molar-refractivity contribution in [2.75, 3.05) is 7.11 Å². The van der Waals surface area contributed by atoms with Crippen LogP contribution in [0, 0.1) is 5.82 Å². The van der Waals surface area contributed by atoms with Gasteiger partial charge in [0.1, 0.15) is 5.82 Å². The number of rotatable bonds is 4. The molecule has 0 spiro atoms. The number of hydrogen-bond donors (Lipinski definition) is 1. The highest BCUT2D eigenvalue weighted by molar-refractivity contribution is 8.18. The van der Waals surface area contributed by atoms with Crippen molar-refractivity contribution in [2.24, 2.45) is 0 Å². The van der Waals surface area contributed by atoms with Crippen molar-refractivity contribution in [3.05, 3.63) is 64.3 Å². The lowest BCUT2D eigenvalue weighted by Gasteiger charge is -2.10. The van der Waals surface area contributed by atoms with Gasteiger partial charge in [-0.05, 0) is 59.8 Å². The third kappa shape index (κ3) is 3.92. The highest BCUT2D eigenvalue weighted by Crippen LogP contribution is 2.32. The van der Waals surface area contributed by atoms with Gasteiger partial charge in [-0.3, -0.25) is 14.9 Å². The number of amides is 2. The first-order valence-corrected chi connectivity index (χ1v) is 8.18. The fraction of sp³-hybridized carbons (Fsp3) is 0.0556. The maximum absolute atomic E-state index is 12.9. The average Bonchev–Trinajstić information content (AvgIpc) is 2.93. The Bertz CT molecular complexity index is 924. The molecule has 1 saturated heterocycles. The van der Waals surface area contributed by atoms with E-state index in [9.17, 15) is 18.8 Å². The van der Waals surface area contributed by atoms with Crippen molar-refractivity contribution in [3.8, 4) is 11.5 Å². The van der Waals surface area contributed by atoms with Crippen molar-refractivity contribution in [1.29, 1.82) is 0 Å². The molecule has 1 heterocycles. The van der Waals surface area contributed by atoms with Gasteiger partial charge in [-0.25, -0.2) is 9.18 Å². The van der Waals surface area contributed by atoms with E-state index < -0.39 is 22.9 Å². The molecular weight excluding hydrogens is 361 g/mol. The van der Waals surface area contributed by atoms with Gasteiger partial charge in [0.05, 0.1) is 17.6 Å². The van der Waals surface area contributed by atoms with Crippen LogP contribution in [0.2, 0.25) is 0 Å². The van der Waals surface area contributed by atoms with Crippen LogP contribution in [0.25, 0.3) is 6.08 Å². The Morgan fingerprint density at radius 3 is 2.46 bits per heavy atom. The Labute approximate surface area is 152 Å². The lowest BCUT2D eigenvalue weighted by atomic mass is 10.1. The molecule has 1 fully saturated rings. The van der Waals surface area contributed by atoms with E-state index in [4.69, 9.17) is 9.47 Å².